The molecule has 0 saturated carbocycles. The second-order valence-corrected chi connectivity index (χ2v) is 7.87. The molecule has 2 aromatic heterocycles. The van der Waals surface area contributed by atoms with E-state index in [1.54, 1.807) is 18.2 Å². The van der Waals surface area contributed by atoms with Crippen LogP contribution in [0.2, 0.25) is 4.34 Å². The minimum absolute atomic E-state index is 0.160. The van der Waals surface area contributed by atoms with Crippen LogP contribution in [0.15, 0.2) is 30.3 Å². The van der Waals surface area contributed by atoms with Crippen LogP contribution in [0.25, 0.3) is 10.2 Å². The molecule has 0 unspecified atom stereocenters. The number of carbonyl (C=O) groups excluding carboxylic acids is 1. The highest BCUT2D eigenvalue weighted by Gasteiger charge is 2.32. The predicted octanol–water partition coefficient (Wildman–Crippen LogP) is 4.20. The molecule has 0 N–H and O–H groups in total. The number of hydrogen-bond acceptors (Lipinski definition) is 6. The third kappa shape index (κ3) is 2.91. The van der Waals surface area contributed by atoms with Crippen molar-refractivity contribution in [1.29, 1.82) is 0 Å². The van der Waals surface area contributed by atoms with Gasteiger partial charge in [0.15, 0.2) is 5.13 Å². The number of hydrogen-bond donors (Lipinski definition) is 0. The Morgan fingerprint density at radius 1 is 1.30 bits per heavy atom. The van der Waals surface area contributed by atoms with Gasteiger partial charge >= 0.3 is 5.97 Å². The number of nitrogens with zero attached hydrogens (tertiary/aromatic N) is 2. The number of fused-ring (bicyclic) bond motifs is 1. The number of esters is 1. The van der Waals surface area contributed by atoms with Crippen molar-refractivity contribution in [2.45, 2.75) is 6.10 Å². The average Bonchev–Trinajstić information content (AvgIpc) is 3.07. The van der Waals surface area contributed by atoms with E-state index < -0.39 is 0 Å². The maximum atomic E-state index is 13.2. The summed E-state index contributed by atoms with van der Waals surface area (Å²) < 4.78 is 20.0. The second-order valence-electron chi connectivity index (χ2n) is 5.14. The first-order valence-corrected chi connectivity index (χ1v) is 8.87. The molecular weight excluding hydrogens is 359 g/mol. The Labute approximate surface area is 144 Å². The first-order valence-electron chi connectivity index (χ1n) is 6.86. The van der Waals surface area contributed by atoms with Crippen molar-refractivity contribution < 1.29 is 13.9 Å². The molecule has 0 spiro atoms. The molecule has 1 fully saturated rings. The van der Waals surface area contributed by atoms with Crippen molar-refractivity contribution in [1.82, 2.24) is 4.98 Å². The van der Waals surface area contributed by atoms with Gasteiger partial charge in [-0.15, -0.1) is 11.3 Å². The number of thiazole rings is 1. The number of thiophene rings is 1. The summed E-state index contributed by atoms with van der Waals surface area (Å²) in [4.78, 5) is 18.9. The van der Waals surface area contributed by atoms with Gasteiger partial charge in [-0.25, -0.2) is 14.2 Å². The van der Waals surface area contributed by atoms with Gasteiger partial charge in [0.25, 0.3) is 0 Å². The van der Waals surface area contributed by atoms with Crippen LogP contribution < -0.4 is 4.90 Å². The lowest BCUT2D eigenvalue weighted by atomic mass is 10.2. The van der Waals surface area contributed by atoms with Gasteiger partial charge in [-0.2, -0.15) is 0 Å². The molecule has 8 heteroatoms. The molecule has 1 aliphatic heterocycles. The SMILES string of the molecule is O=C(OC1CN(c2nc3ccc(F)cc3s2)C1)c1ccc(Cl)s1. The molecule has 118 valence electrons. The summed E-state index contributed by atoms with van der Waals surface area (Å²) in [6.45, 7) is 1.18. The molecule has 1 saturated heterocycles. The maximum Gasteiger partial charge on any atom is 0.348 e. The minimum atomic E-state index is -0.349. The molecule has 1 aromatic carbocycles. The fraction of sp³-hybridized carbons (Fsp3) is 0.200. The monoisotopic (exact) mass is 368 g/mol. The van der Waals surface area contributed by atoms with Crippen molar-refractivity contribution in [3.8, 4) is 0 Å². The normalized spacial score (nSPS) is 15.0. The lowest BCUT2D eigenvalue weighted by Gasteiger charge is -2.38. The summed E-state index contributed by atoms with van der Waals surface area (Å²) in [6, 6.07) is 7.89. The molecule has 23 heavy (non-hydrogen) atoms. The Balaban J connectivity index is 1.39. The topological polar surface area (TPSA) is 42.4 Å². The van der Waals surface area contributed by atoms with Gasteiger partial charge in [-0.05, 0) is 30.3 Å². The van der Waals surface area contributed by atoms with E-state index in [1.165, 1.54) is 34.8 Å². The van der Waals surface area contributed by atoms with E-state index in [9.17, 15) is 9.18 Å². The standard InChI is InChI=1S/C15H10ClFN2O2S2/c16-13-4-3-11(22-13)14(20)21-9-6-19(7-9)15-18-10-2-1-8(17)5-12(10)23-15/h1-5,9H,6-7H2. The second kappa shape index (κ2) is 5.74. The molecule has 4 nitrogen and oxygen atoms in total. The van der Waals surface area contributed by atoms with E-state index in [0.717, 1.165) is 15.3 Å². The number of aromatic nitrogens is 1. The summed E-state index contributed by atoms with van der Waals surface area (Å²) in [7, 11) is 0. The quantitative estimate of drug-likeness (QED) is 0.650. The van der Waals surface area contributed by atoms with Crippen LogP contribution in [0.3, 0.4) is 0 Å². The summed E-state index contributed by atoms with van der Waals surface area (Å²) in [5.41, 5.74) is 0.778. The third-order valence-electron chi connectivity index (χ3n) is 3.51. The van der Waals surface area contributed by atoms with E-state index in [1.807, 2.05) is 4.90 Å². The van der Waals surface area contributed by atoms with Crippen molar-refractivity contribution in [2.75, 3.05) is 18.0 Å². The Morgan fingerprint density at radius 2 is 2.13 bits per heavy atom. The van der Waals surface area contributed by atoms with Crippen molar-refractivity contribution in [3.05, 3.63) is 45.4 Å². The predicted molar refractivity (Wildman–Crippen MR) is 90.3 cm³/mol. The highest BCUT2D eigenvalue weighted by molar-refractivity contribution is 7.22. The fourth-order valence-electron chi connectivity index (χ4n) is 2.32. The number of benzene rings is 1. The molecule has 1 aliphatic rings. The van der Waals surface area contributed by atoms with E-state index in [0.29, 0.717) is 22.3 Å². The van der Waals surface area contributed by atoms with Gasteiger partial charge in [0.2, 0.25) is 0 Å². The summed E-state index contributed by atoms with van der Waals surface area (Å²) in [6.07, 6.45) is -0.160. The van der Waals surface area contributed by atoms with E-state index in [2.05, 4.69) is 4.98 Å². The Hall–Kier alpha value is -1.70. The maximum absolute atomic E-state index is 13.2. The highest BCUT2D eigenvalue weighted by atomic mass is 35.5. The molecular formula is C15H10ClFN2O2S2. The van der Waals surface area contributed by atoms with Crippen LogP contribution in [0.5, 0.6) is 0 Å². The van der Waals surface area contributed by atoms with Crippen LogP contribution in [0, 0.1) is 5.82 Å². The lowest BCUT2D eigenvalue weighted by Crippen LogP contribution is -2.53. The zero-order valence-corrected chi connectivity index (χ0v) is 14.1. The molecule has 0 atom stereocenters. The lowest BCUT2D eigenvalue weighted by molar-refractivity contribution is 0.0240. The van der Waals surface area contributed by atoms with Crippen LogP contribution in [0.4, 0.5) is 9.52 Å². The van der Waals surface area contributed by atoms with Crippen LogP contribution in [-0.2, 0) is 4.74 Å². The van der Waals surface area contributed by atoms with Crippen LogP contribution in [-0.4, -0.2) is 30.1 Å². The van der Waals surface area contributed by atoms with Gasteiger partial charge in [-0.3, -0.25) is 0 Å². The average molecular weight is 369 g/mol. The molecule has 0 bridgehead atoms. The van der Waals surface area contributed by atoms with E-state index in [4.69, 9.17) is 16.3 Å². The molecule has 0 amide bonds. The highest BCUT2D eigenvalue weighted by Crippen LogP contribution is 2.32. The zero-order chi connectivity index (χ0) is 16.0. The van der Waals surface area contributed by atoms with Crippen LogP contribution in [0.1, 0.15) is 9.67 Å². The smallest absolute Gasteiger partial charge is 0.348 e. The minimum Gasteiger partial charge on any atom is -0.454 e. The molecule has 0 radical (unpaired) electrons. The first-order chi connectivity index (χ1) is 11.1. The summed E-state index contributed by atoms with van der Waals surface area (Å²) in [5.74, 6) is -0.615. The van der Waals surface area contributed by atoms with Gasteiger partial charge in [0.05, 0.1) is 27.6 Å². The molecule has 3 aromatic rings. The number of carbonyl (C=O) groups is 1. The number of rotatable bonds is 3. The first kappa shape index (κ1) is 14.9. The molecule has 3 heterocycles. The Bertz CT molecular complexity index is 889. The van der Waals surface area contributed by atoms with Gasteiger partial charge in [-0.1, -0.05) is 22.9 Å². The van der Waals surface area contributed by atoms with E-state index in [-0.39, 0.29) is 17.9 Å². The Morgan fingerprint density at radius 3 is 2.87 bits per heavy atom. The van der Waals surface area contributed by atoms with Crippen molar-refractivity contribution in [2.24, 2.45) is 0 Å². The Kier molecular flexibility index (Phi) is 3.71. The summed E-state index contributed by atoms with van der Waals surface area (Å²) >= 11 is 8.45. The number of halogens is 2. The van der Waals surface area contributed by atoms with Gasteiger partial charge in [0, 0.05) is 0 Å². The van der Waals surface area contributed by atoms with Crippen molar-refractivity contribution >= 4 is 55.6 Å². The number of ether oxygens (including phenoxy) is 1. The summed E-state index contributed by atoms with van der Waals surface area (Å²) in [5, 5.41) is 0.817. The van der Waals surface area contributed by atoms with Crippen molar-refractivity contribution in [3.63, 3.8) is 0 Å². The van der Waals surface area contributed by atoms with Crippen LogP contribution >= 0.6 is 34.3 Å². The zero-order valence-electron chi connectivity index (χ0n) is 11.7. The molecule has 4 rings (SSSR count). The molecule has 0 aliphatic carbocycles. The largest absolute Gasteiger partial charge is 0.454 e. The number of anilines is 1. The van der Waals surface area contributed by atoms with Gasteiger partial charge in [0.1, 0.15) is 16.8 Å². The third-order valence-corrected chi connectivity index (χ3v) is 5.80. The van der Waals surface area contributed by atoms with E-state index >= 15 is 0 Å². The van der Waals surface area contributed by atoms with Gasteiger partial charge < -0.3 is 9.64 Å². The fourth-order valence-corrected chi connectivity index (χ4v) is 4.26.